The summed E-state index contributed by atoms with van der Waals surface area (Å²) in [6.07, 6.45) is 4.54. The van der Waals surface area contributed by atoms with E-state index in [1.807, 2.05) is 17.1 Å². The van der Waals surface area contributed by atoms with Crippen LogP contribution < -0.4 is 10.2 Å². The van der Waals surface area contributed by atoms with E-state index in [1.165, 1.54) is 17.7 Å². The number of fused-ring (bicyclic) bond motifs is 1. The minimum atomic E-state index is -0.125. The van der Waals surface area contributed by atoms with E-state index in [-0.39, 0.29) is 11.9 Å². The molecule has 1 aliphatic heterocycles. The first-order valence-electron chi connectivity index (χ1n) is 8.62. The summed E-state index contributed by atoms with van der Waals surface area (Å²) in [6.45, 7) is 4.07. The van der Waals surface area contributed by atoms with Crippen LogP contribution in [0.3, 0.4) is 0 Å². The Labute approximate surface area is 150 Å². The fourth-order valence-electron chi connectivity index (χ4n) is 3.52. The van der Waals surface area contributed by atoms with Crippen LogP contribution >= 0.6 is 23.1 Å². The number of hydrogen-bond donors (Lipinski definition) is 1. The van der Waals surface area contributed by atoms with E-state index in [0.717, 1.165) is 54.2 Å². The zero-order valence-corrected chi connectivity index (χ0v) is 15.5. The molecule has 1 amide bonds. The average Bonchev–Trinajstić information content (AvgIpc) is 3.25. The molecule has 0 unspecified atom stereocenters. The van der Waals surface area contributed by atoms with Gasteiger partial charge in [-0.05, 0) is 19.8 Å². The van der Waals surface area contributed by atoms with Crippen molar-refractivity contribution in [2.45, 2.75) is 38.6 Å². The standard InChI is InChI=1S/C17H22N4OS2/c1-11-14-13(10-24-11)19-15(17(22)18-12-4-2-3-5-12)20-16(14)21-6-8-23-9-7-21/h10,12H,2-9H2,1H3,(H,18,22). The number of thiophene rings is 1. The molecule has 1 saturated heterocycles. The van der Waals surface area contributed by atoms with Crippen molar-refractivity contribution in [3.8, 4) is 0 Å². The van der Waals surface area contributed by atoms with E-state index >= 15 is 0 Å². The molecule has 3 heterocycles. The summed E-state index contributed by atoms with van der Waals surface area (Å²) in [5, 5.41) is 6.27. The maximum absolute atomic E-state index is 12.6. The van der Waals surface area contributed by atoms with Crippen molar-refractivity contribution in [3.05, 3.63) is 16.1 Å². The summed E-state index contributed by atoms with van der Waals surface area (Å²) < 4.78 is 0. The van der Waals surface area contributed by atoms with Gasteiger partial charge in [-0.15, -0.1) is 11.3 Å². The highest BCUT2D eigenvalue weighted by Crippen LogP contribution is 2.32. The summed E-state index contributed by atoms with van der Waals surface area (Å²) >= 11 is 3.66. The topological polar surface area (TPSA) is 58.1 Å². The maximum atomic E-state index is 12.6. The predicted octanol–water partition coefficient (Wildman–Crippen LogP) is 3.23. The van der Waals surface area contributed by atoms with Crippen molar-refractivity contribution in [2.75, 3.05) is 29.5 Å². The van der Waals surface area contributed by atoms with Crippen molar-refractivity contribution < 1.29 is 4.79 Å². The van der Waals surface area contributed by atoms with Crippen molar-refractivity contribution in [3.63, 3.8) is 0 Å². The lowest BCUT2D eigenvalue weighted by atomic mass is 10.2. The first kappa shape index (κ1) is 16.1. The smallest absolute Gasteiger partial charge is 0.289 e. The summed E-state index contributed by atoms with van der Waals surface area (Å²) in [4.78, 5) is 25.4. The Balaban J connectivity index is 1.69. The van der Waals surface area contributed by atoms with Gasteiger partial charge in [0.1, 0.15) is 5.82 Å². The van der Waals surface area contributed by atoms with Gasteiger partial charge in [-0.3, -0.25) is 4.79 Å². The third kappa shape index (κ3) is 3.11. The molecule has 2 aliphatic rings. The van der Waals surface area contributed by atoms with Gasteiger partial charge in [0.2, 0.25) is 5.82 Å². The zero-order chi connectivity index (χ0) is 16.5. The Kier molecular flexibility index (Phi) is 4.63. The molecule has 0 bridgehead atoms. The second-order valence-electron chi connectivity index (χ2n) is 6.48. The Morgan fingerprint density at radius 1 is 1.25 bits per heavy atom. The van der Waals surface area contributed by atoms with E-state index < -0.39 is 0 Å². The first-order chi connectivity index (χ1) is 11.7. The third-order valence-corrected chi connectivity index (χ3v) is 6.66. The minimum Gasteiger partial charge on any atom is -0.354 e. The van der Waals surface area contributed by atoms with E-state index in [2.05, 4.69) is 22.1 Å². The number of nitrogens with one attached hydrogen (secondary N) is 1. The molecule has 1 saturated carbocycles. The molecule has 128 valence electrons. The quantitative estimate of drug-likeness (QED) is 0.908. The van der Waals surface area contributed by atoms with Crippen LogP contribution in [-0.2, 0) is 0 Å². The van der Waals surface area contributed by atoms with Gasteiger partial charge < -0.3 is 10.2 Å². The molecule has 5 nitrogen and oxygen atoms in total. The van der Waals surface area contributed by atoms with Gasteiger partial charge in [0.05, 0.1) is 10.9 Å². The number of aryl methyl sites for hydroxylation is 1. The van der Waals surface area contributed by atoms with Crippen molar-refractivity contribution in [2.24, 2.45) is 0 Å². The summed E-state index contributed by atoms with van der Waals surface area (Å²) in [7, 11) is 0. The summed E-state index contributed by atoms with van der Waals surface area (Å²) in [5.41, 5.74) is 0.900. The molecule has 24 heavy (non-hydrogen) atoms. The minimum absolute atomic E-state index is 0.125. The third-order valence-electron chi connectivity index (χ3n) is 4.82. The molecular formula is C17H22N4OS2. The molecule has 1 N–H and O–H groups in total. The van der Waals surface area contributed by atoms with Crippen LogP contribution in [0.4, 0.5) is 5.82 Å². The molecule has 0 spiro atoms. The number of aromatic nitrogens is 2. The second kappa shape index (κ2) is 6.88. The molecular weight excluding hydrogens is 340 g/mol. The van der Waals surface area contributed by atoms with Gasteiger partial charge in [0.15, 0.2) is 0 Å². The Morgan fingerprint density at radius 3 is 2.75 bits per heavy atom. The predicted molar refractivity (Wildman–Crippen MR) is 101 cm³/mol. The lowest BCUT2D eigenvalue weighted by Gasteiger charge is -2.28. The molecule has 2 fully saturated rings. The van der Waals surface area contributed by atoms with Gasteiger partial charge in [-0.25, -0.2) is 9.97 Å². The van der Waals surface area contributed by atoms with Crippen LogP contribution in [0.15, 0.2) is 5.38 Å². The molecule has 0 aromatic carbocycles. The van der Waals surface area contributed by atoms with Crippen LogP contribution in [-0.4, -0.2) is 46.5 Å². The number of hydrogen-bond acceptors (Lipinski definition) is 6. The van der Waals surface area contributed by atoms with Crippen LogP contribution in [0.1, 0.15) is 41.2 Å². The van der Waals surface area contributed by atoms with E-state index in [9.17, 15) is 4.79 Å². The Bertz CT molecular complexity index is 748. The van der Waals surface area contributed by atoms with Crippen molar-refractivity contribution >= 4 is 45.7 Å². The average molecular weight is 363 g/mol. The van der Waals surface area contributed by atoms with Gasteiger partial charge in [-0.2, -0.15) is 11.8 Å². The lowest BCUT2D eigenvalue weighted by Crippen LogP contribution is -2.36. The molecule has 0 atom stereocenters. The number of carbonyl (C=O) groups is 1. The molecule has 2 aromatic rings. The van der Waals surface area contributed by atoms with Crippen LogP contribution in [0, 0.1) is 6.92 Å². The highest BCUT2D eigenvalue weighted by atomic mass is 32.2. The fraction of sp³-hybridized carbons (Fsp3) is 0.588. The highest BCUT2D eigenvalue weighted by Gasteiger charge is 2.24. The van der Waals surface area contributed by atoms with Crippen LogP contribution in [0.5, 0.6) is 0 Å². The number of carbonyl (C=O) groups excluding carboxylic acids is 1. The van der Waals surface area contributed by atoms with Gasteiger partial charge in [0.25, 0.3) is 5.91 Å². The van der Waals surface area contributed by atoms with E-state index in [1.54, 1.807) is 11.3 Å². The number of rotatable bonds is 3. The summed E-state index contributed by atoms with van der Waals surface area (Å²) in [6, 6.07) is 0.288. The SMILES string of the molecule is Cc1scc2nc(C(=O)NC3CCCC3)nc(N3CCSCC3)c12. The van der Waals surface area contributed by atoms with E-state index in [4.69, 9.17) is 4.98 Å². The largest absolute Gasteiger partial charge is 0.354 e. The van der Waals surface area contributed by atoms with Crippen molar-refractivity contribution in [1.29, 1.82) is 0 Å². The monoisotopic (exact) mass is 362 g/mol. The maximum Gasteiger partial charge on any atom is 0.289 e. The second-order valence-corrected chi connectivity index (χ2v) is 8.79. The number of amides is 1. The Morgan fingerprint density at radius 2 is 2.00 bits per heavy atom. The molecule has 0 radical (unpaired) electrons. The van der Waals surface area contributed by atoms with Gasteiger partial charge in [0, 0.05) is 40.9 Å². The normalized spacial score (nSPS) is 19.1. The number of thioether (sulfide) groups is 1. The molecule has 4 rings (SSSR count). The highest BCUT2D eigenvalue weighted by molar-refractivity contribution is 7.99. The van der Waals surface area contributed by atoms with Crippen LogP contribution in [0.2, 0.25) is 0 Å². The van der Waals surface area contributed by atoms with Gasteiger partial charge >= 0.3 is 0 Å². The van der Waals surface area contributed by atoms with Gasteiger partial charge in [-0.1, -0.05) is 12.8 Å². The molecule has 7 heteroatoms. The summed E-state index contributed by atoms with van der Waals surface area (Å²) in [5.74, 6) is 3.35. The number of nitrogens with zero attached hydrogens (tertiary/aromatic N) is 3. The van der Waals surface area contributed by atoms with Crippen molar-refractivity contribution in [1.82, 2.24) is 15.3 Å². The van der Waals surface area contributed by atoms with Crippen LogP contribution in [0.25, 0.3) is 10.9 Å². The first-order valence-corrected chi connectivity index (χ1v) is 10.6. The Hall–Kier alpha value is -1.34. The number of anilines is 1. The molecule has 2 aromatic heterocycles. The van der Waals surface area contributed by atoms with E-state index in [0.29, 0.717) is 5.82 Å². The lowest BCUT2D eigenvalue weighted by molar-refractivity contribution is 0.0928. The zero-order valence-electron chi connectivity index (χ0n) is 13.9. The molecule has 1 aliphatic carbocycles. The fourth-order valence-corrected chi connectivity index (χ4v) is 5.19.